The number of amides is 1. The zero-order valence-corrected chi connectivity index (χ0v) is 11.1. The van der Waals surface area contributed by atoms with Crippen molar-refractivity contribution in [2.45, 2.75) is 12.5 Å². The van der Waals surface area contributed by atoms with Crippen molar-refractivity contribution in [1.82, 2.24) is 5.32 Å². The van der Waals surface area contributed by atoms with E-state index in [-0.39, 0.29) is 12.4 Å². The first-order valence-corrected chi connectivity index (χ1v) is 6.30. The van der Waals surface area contributed by atoms with E-state index < -0.39 is 22.8 Å². The highest BCUT2D eigenvalue weighted by Gasteiger charge is 2.20. The van der Waals surface area contributed by atoms with Crippen LogP contribution in [-0.4, -0.2) is 28.6 Å². The molecular formula is C14H14N2O5. The second-order valence-corrected chi connectivity index (χ2v) is 4.44. The van der Waals surface area contributed by atoms with Gasteiger partial charge in [-0.05, 0) is 18.1 Å². The highest BCUT2D eigenvalue weighted by Crippen LogP contribution is 2.15. The molecule has 1 heterocycles. The lowest BCUT2D eigenvalue weighted by Gasteiger charge is -2.15. The molecule has 0 fully saturated rings. The van der Waals surface area contributed by atoms with Crippen LogP contribution in [0.4, 0.5) is 5.88 Å². The smallest absolute Gasteiger partial charge is 0.395 e. The Morgan fingerprint density at radius 3 is 2.57 bits per heavy atom. The Hall–Kier alpha value is -2.67. The van der Waals surface area contributed by atoms with Crippen LogP contribution >= 0.6 is 0 Å². The van der Waals surface area contributed by atoms with Gasteiger partial charge in [-0.3, -0.25) is 14.9 Å². The Bertz CT molecular complexity index is 623. The molecule has 0 saturated carbocycles. The molecule has 2 aromatic rings. The van der Waals surface area contributed by atoms with Crippen LogP contribution in [0.15, 0.2) is 46.9 Å². The number of hydrogen-bond acceptors (Lipinski definition) is 5. The van der Waals surface area contributed by atoms with Crippen molar-refractivity contribution in [3.63, 3.8) is 0 Å². The minimum Gasteiger partial charge on any atom is -0.395 e. The summed E-state index contributed by atoms with van der Waals surface area (Å²) in [7, 11) is 0. The molecule has 1 aromatic carbocycles. The number of carbonyl (C=O) groups is 1. The fourth-order valence-electron chi connectivity index (χ4n) is 1.86. The lowest BCUT2D eigenvalue weighted by molar-refractivity contribution is -0.402. The van der Waals surface area contributed by atoms with E-state index in [9.17, 15) is 20.0 Å². The molecule has 1 atom stereocenters. The van der Waals surface area contributed by atoms with E-state index in [0.717, 1.165) is 11.6 Å². The van der Waals surface area contributed by atoms with Crippen LogP contribution in [0.25, 0.3) is 0 Å². The summed E-state index contributed by atoms with van der Waals surface area (Å²) in [5.41, 5.74) is 0.960. The molecule has 1 amide bonds. The maximum absolute atomic E-state index is 11.9. The molecule has 110 valence electrons. The number of nitro groups is 1. The molecule has 2 rings (SSSR count). The quantitative estimate of drug-likeness (QED) is 0.619. The summed E-state index contributed by atoms with van der Waals surface area (Å²) in [4.78, 5) is 21.7. The zero-order chi connectivity index (χ0) is 15.2. The molecule has 0 saturated heterocycles. The van der Waals surface area contributed by atoms with Gasteiger partial charge in [-0.1, -0.05) is 30.3 Å². The number of hydrogen-bond donors (Lipinski definition) is 2. The summed E-state index contributed by atoms with van der Waals surface area (Å²) in [5.74, 6) is -1.25. The van der Waals surface area contributed by atoms with Crippen LogP contribution in [-0.2, 0) is 6.42 Å². The second kappa shape index (κ2) is 6.67. The molecule has 21 heavy (non-hydrogen) atoms. The van der Waals surface area contributed by atoms with Gasteiger partial charge < -0.3 is 14.8 Å². The molecule has 0 aliphatic rings. The summed E-state index contributed by atoms with van der Waals surface area (Å²) in [6.07, 6.45) is 0.450. The van der Waals surface area contributed by atoms with Gasteiger partial charge >= 0.3 is 5.88 Å². The summed E-state index contributed by atoms with van der Waals surface area (Å²) in [6.45, 7) is -0.247. The summed E-state index contributed by atoms with van der Waals surface area (Å²) in [6, 6.07) is 11.2. The maximum atomic E-state index is 11.9. The lowest BCUT2D eigenvalue weighted by Crippen LogP contribution is -2.38. The van der Waals surface area contributed by atoms with E-state index >= 15 is 0 Å². The number of benzene rings is 1. The highest BCUT2D eigenvalue weighted by atomic mass is 16.6. The van der Waals surface area contributed by atoms with E-state index in [1.165, 1.54) is 6.07 Å². The first kappa shape index (κ1) is 14.7. The van der Waals surface area contributed by atoms with Gasteiger partial charge in [0.25, 0.3) is 5.91 Å². The van der Waals surface area contributed by atoms with Crippen molar-refractivity contribution in [2.24, 2.45) is 0 Å². The maximum Gasteiger partial charge on any atom is 0.433 e. The first-order chi connectivity index (χ1) is 10.1. The van der Waals surface area contributed by atoms with Crippen LogP contribution in [0.5, 0.6) is 0 Å². The van der Waals surface area contributed by atoms with Gasteiger partial charge in [0.05, 0.1) is 18.7 Å². The summed E-state index contributed by atoms with van der Waals surface area (Å²) < 4.78 is 4.81. The standard InChI is InChI=1S/C14H14N2O5/c17-9-11(8-10-4-2-1-3-5-10)15-14(18)12-6-7-13(21-12)16(19)20/h1-7,11,17H,8-9H2,(H,15,18)/t11-/m1/s1. The number of aliphatic hydroxyl groups excluding tert-OH is 1. The molecule has 0 aliphatic heterocycles. The molecule has 2 N–H and O–H groups in total. The van der Waals surface area contributed by atoms with E-state index in [4.69, 9.17) is 4.42 Å². The number of furan rings is 1. The van der Waals surface area contributed by atoms with E-state index in [1.54, 1.807) is 0 Å². The van der Waals surface area contributed by atoms with Crippen LogP contribution in [0.3, 0.4) is 0 Å². The van der Waals surface area contributed by atoms with Crippen molar-refractivity contribution in [3.05, 3.63) is 63.9 Å². The van der Waals surface area contributed by atoms with Crippen molar-refractivity contribution in [2.75, 3.05) is 6.61 Å². The minimum atomic E-state index is -0.718. The van der Waals surface area contributed by atoms with Crippen molar-refractivity contribution in [1.29, 1.82) is 0 Å². The molecule has 0 bridgehead atoms. The fraction of sp³-hybridized carbons (Fsp3) is 0.214. The predicted octanol–water partition coefficient (Wildman–Crippen LogP) is 1.52. The molecule has 7 nitrogen and oxygen atoms in total. The third-order valence-electron chi connectivity index (χ3n) is 2.88. The SMILES string of the molecule is O=C(N[C@@H](CO)Cc1ccccc1)c1ccc([N+](=O)[O-])o1. The average molecular weight is 290 g/mol. The Morgan fingerprint density at radius 2 is 2.00 bits per heavy atom. The van der Waals surface area contributed by atoms with Crippen LogP contribution < -0.4 is 5.32 Å². The highest BCUT2D eigenvalue weighted by molar-refractivity contribution is 5.91. The van der Waals surface area contributed by atoms with Crippen LogP contribution in [0.1, 0.15) is 16.1 Å². The average Bonchev–Trinajstić information content (AvgIpc) is 2.97. The largest absolute Gasteiger partial charge is 0.433 e. The predicted molar refractivity (Wildman–Crippen MR) is 73.8 cm³/mol. The topological polar surface area (TPSA) is 106 Å². The van der Waals surface area contributed by atoms with Gasteiger partial charge in [0.2, 0.25) is 0 Å². The molecule has 0 spiro atoms. The van der Waals surface area contributed by atoms with E-state index in [0.29, 0.717) is 6.42 Å². The lowest BCUT2D eigenvalue weighted by atomic mass is 10.1. The van der Waals surface area contributed by atoms with Gasteiger partial charge in [0.15, 0.2) is 5.76 Å². The van der Waals surface area contributed by atoms with Gasteiger partial charge in [-0.25, -0.2) is 0 Å². The van der Waals surface area contributed by atoms with Gasteiger partial charge in [-0.2, -0.15) is 0 Å². The van der Waals surface area contributed by atoms with Crippen molar-refractivity contribution >= 4 is 11.8 Å². The fourth-order valence-corrected chi connectivity index (χ4v) is 1.86. The monoisotopic (exact) mass is 290 g/mol. The second-order valence-electron chi connectivity index (χ2n) is 4.44. The number of nitrogens with zero attached hydrogens (tertiary/aromatic N) is 1. The number of nitrogens with one attached hydrogen (secondary N) is 1. The van der Waals surface area contributed by atoms with Crippen molar-refractivity contribution < 1.29 is 19.2 Å². The molecule has 0 radical (unpaired) electrons. The third-order valence-corrected chi connectivity index (χ3v) is 2.88. The van der Waals surface area contributed by atoms with Crippen molar-refractivity contribution in [3.8, 4) is 0 Å². The van der Waals surface area contributed by atoms with Gasteiger partial charge in [0.1, 0.15) is 4.92 Å². The van der Waals surface area contributed by atoms with E-state index in [2.05, 4.69) is 5.32 Å². The minimum absolute atomic E-state index is 0.159. The van der Waals surface area contributed by atoms with Crippen LogP contribution in [0, 0.1) is 10.1 Å². The summed E-state index contributed by atoms with van der Waals surface area (Å²) in [5, 5.41) is 22.4. The van der Waals surface area contributed by atoms with Gasteiger partial charge in [-0.15, -0.1) is 0 Å². The number of rotatable bonds is 6. The number of aliphatic hydroxyl groups is 1. The zero-order valence-electron chi connectivity index (χ0n) is 11.1. The third kappa shape index (κ3) is 3.90. The Morgan fingerprint density at radius 1 is 1.29 bits per heavy atom. The molecular weight excluding hydrogens is 276 g/mol. The Balaban J connectivity index is 2.00. The van der Waals surface area contributed by atoms with Gasteiger partial charge in [0, 0.05) is 0 Å². The number of carbonyl (C=O) groups excluding carboxylic acids is 1. The Labute approximate surface area is 120 Å². The first-order valence-electron chi connectivity index (χ1n) is 6.30. The Kier molecular flexibility index (Phi) is 4.68. The van der Waals surface area contributed by atoms with Crippen LogP contribution in [0.2, 0.25) is 0 Å². The molecule has 0 aliphatic carbocycles. The molecule has 7 heteroatoms. The normalized spacial score (nSPS) is 11.9. The molecule has 1 aromatic heterocycles. The summed E-state index contributed by atoms with van der Waals surface area (Å²) >= 11 is 0. The van der Waals surface area contributed by atoms with E-state index in [1.807, 2.05) is 30.3 Å². The molecule has 0 unspecified atom stereocenters.